The van der Waals surface area contributed by atoms with E-state index in [1.807, 2.05) is 12.2 Å². The van der Waals surface area contributed by atoms with Crippen LogP contribution in [0.3, 0.4) is 0 Å². The molecular weight excluding hydrogens is 767 g/mol. The van der Waals surface area contributed by atoms with Gasteiger partial charge in [-0.3, -0.25) is 23.4 Å². The molecule has 7 atom stereocenters. The molecular formula is C44H73O13P. The van der Waals surface area contributed by atoms with Gasteiger partial charge in [-0.05, 0) is 70.6 Å². The van der Waals surface area contributed by atoms with Gasteiger partial charge in [0.2, 0.25) is 0 Å². The quantitative estimate of drug-likeness (QED) is 0.0180. The van der Waals surface area contributed by atoms with Crippen LogP contribution < -0.4 is 0 Å². The summed E-state index contributed by atoms with van der Waals surface area (Å²) >= 11 is 0. The first-order chi connectivity index (χ1) is 27.9. The van der Waals surface area contributed by atoms with Crippen molar-refractivity contribution in [1.82, 2.24) is 0 Å². The summed E-state index contributed by atoms with van der Waals surface area (Å²) in [7, 11) is -4.70. The van der Waals surface area contributed by atoms with Crippen molar-refractivity contribution in [2.75, 3.05) is 26.4 Å². The van der Waals surface area contributed by atoms with Crippen LogP contribution in [0.2, 0.25) is 0 Å². The molecule has 0 heterocycles. The Kier molecular flexibility index (Phi) is 31.3. The number of carbonyl (C=O) groups is 3. The molecule has 1 unspecified atom stereocenters. The lowest BCUT2D eigenvalue weighted by molar-refractivity contribution is -0.161. The van der Waals surface area contributed by atoms with Gasteiger partial charge in [-0.15, -0.1) is 0 Å². The lowest BCUT2D eigenvalue weighted by Gasteiger charge is -2.20. The first-order valence-corrected chi connectivity index (χ1v) is 22.8. The molecule has 0 aromatic rings. The second-order valence-electron chi connectivity index (χ2n) is 14.8. The van der Waals surface area contributed by atoms with Crippen molar-refractivity contribution in [3.63, 3.8) is 0 Å². The summed E-state index contributed by atoms with van der Waals surface area (Å²) in [5, 5.41) is 39.0. The highest BCUT2D eigenvalue weighted by molar-refractivity contribution is 7.47. The Labute approximate surface area is 346 Å². The molecule has 0 amide bonds. The van der Waals surface area contributed by atoms with E-state index in [2.05, 4.69) is 54.8 Å². The predicted molar refractivity (Wildman–Crippen MR) is 224 cm³/mol. The molecule has 1 fully saturated rings. The summed E-state index contributed by atoms with van der Waals surface area (Å²) in [6.45, 7) is 1.87. The van der Waals surface area contributed by atoms with E-state index >= 15 is 0 Å². The van der Waals surface area contributed by atoms with Crippen molar-refractivity contribution in [2.45, 2.75) is 160 Å². The Hall–Kier alpha value is -2.74. The van der Waals surface area contributed by atoms with Crippen LogP contribution in [0, 0.1) is 11.8 Å². The lowest BCUT2D eigenvalue weighted by atomic mass is 9.90. The predicted octanol–water partition coefficient (Wildman–Crippen LogP) is 7.70. The molecule has 5 N–H and O–H groups in total. The Bertz CT molecular complexity index is 1310. The number of hydrogen-bond donors (Lipinski definition) is 5. The van der Waals surface area contributed by atoms with E-state index in [4.69, 9.17) is 19.1 Å². The number of allylic oxidation sites excluding steroid dienone is 8. The van der Waals surface area contributed by atoms with Crippen LogP contribution in [-0.2, 0) is 37.5 Å². The third-order valence-corrected chi connectivity index (χ3v) is 10.5. The molecule has 0 aromatic heterocycles. The van der Waals surface area contributed by atoms with Gasteiger partial charge >= 0.3 is 19.8 Å². The number of phosphoric ester groups is 1. The Morgan fingerprint density at radius 2 is 1.36 bits per heavy atom. The molecule has 0 saturated heterocycles. The van der Waals surface area contributed by atoms with Crippen LogP contribution in [-0.4, -0.2) is 93.9 Å². The standard InChI is InChI=1S/C44H73O13P/c1-3-5-7-8-9-10-11-12-13-14-15-16-17-18-24-28-44(51)57-38(35-56-58(52,53)55-33-37(47)32-45)34-54-43(50)27-23-20-19-22-26-39-40(42(49)31-41(39)48)30-29-36(46)25-21-6-4-2/h9-10,12-13,15-16,19,22,29-30,36-40,42,45-47,49H,3-8,11,14,17-18,20-21,23-28,31-35H2,1-2H3,(H,52,53)/b10-9-,13-12-,16-15-,22-19-,30-29+/t36-,37-,38+,39+,40+,42+/m0/s1. The van der Waals surface area contributed by atoms with Crippen molar-refractivity contribution in [3.05, 3.63) is 60.8 Å². The van der Waals surface area contributed by atoms with Crippen molar-refractivity contribution in [1.29, 1.82) is 0 Å². The molecule has 0 bridgehead atoms. The molecule has 13 nitrogen and oxygen atoms in total. The number of Topliss-reactive ketones (excluding diaryl/α,β-unsaturated/α-hetero) is 1. The van der Waals surface area contributed by atoms with Gasteiger partial charge in [0.05, 0.1) is 32.0 Å². The minimum absolute atomic E-state index is 0.0230. The summed E-state index contributed by atoms with van der Waals surface area (Å²) in [4.78, 5) is 47.6. The SMILES string of the molecule is CCCCC/C=C\C/C=C\C/C=C\CCCCC(=O)O[C@H](COC(=O)CCC/C=C\C[C@H]1C(=O)C[C@@H](O)[C@@H]1/C=C/[C@@H](O)CCCCC)COP(=O)(O)OC[C@@H](O)CO. The zero-order chi connectivity index (χ0) is 42.9. The van der Waals surface area contributed by atoms with Crippen LogP contribution in [0.1, 0.15) is 136 Å². The average Bonchev–Trinajstić information content (AvgIpc) is 3.47. The van der Waals surface area contributed by atoms with Crippen LogP contribution in [0.25, 0.3) is 0 Å². The van der Waals surface area contributed by atoms with E-state index in [0.29, 0.717) is 32.1 Å². The number of ketones is 1. The summed E-state index contributed by atoms with van der Waals surface area (Å²) in [6, 6.07) is 0. The second kappa shape index (κ2) is 34.0. The van der Waals surface area contributed by atoms with Gasteiger partial charge in [-0.25, -0.2) is 4.57 Å². The lowest BCUT2D eigenvalue weighted by Crippen LogP contribution is -2.29. The highest BCUT2D eigenvalue weighted by Gasteiger charge is 2.39. The highest BCUT2D eigenvalue weighted by atomic mass is 31.2. The first kappa shape index (κ1) is 53.3. The molecule has 14 heteroatoms. The third kappa shape index (κ3) is 27.9. The number of unbranched alkanes of at least 4 members (excludes halogenated alkanes) is 8. The first-order valence-electron chi connectivity index (χ1n) is 21.3. The molecule has 0 radical (unpaired) electrons. The van der Waals surface area contributed by atoms with Crippen LogP contribution in [0.5, 0.6) is 0 Å². The van der Waals surface area contributed by atoms with Crippen molar-refractivity contribution in [3.8, 4) is 0 Å². The third-order valence-electron chi connectivity index (χ3n) is 9.51. The number of ether oxygens (including phenoxy) is 2. The van der Waals surface area contributed by atoms with Gasteiger partial charge < -0.3 is 34.8 Å². The van der Waals surface area contributed by atoms with Gasteiger partial charge in [0, 0.05) is 31.1 Å². The van der Waals surface area contributed by atoms with Gasteiger partial charge in [0.15, 0.2) is 6.10 Å². The zero-order valence-electron chi connectivity index (χ0n) is 35.0. The van der Waals surface area contributed by atoms with E-state index in [1.165, 1.54) is 19.3 Å². The van der Waals surface area contributed by atoms with Crippen molar-refractivity contribution >= 4 is 25.5 Å². The molecule has 1 rings (SSSR count). The van der Waals surface area contributed by atoms with E-state index in [0.717, 1.165) is 51.4 Å². The maximum absolute atomic E-state index is 12.6. The van der Waals surface area contributed by atoms with Crippen LogP contribution in [0.15, 0.2) is 60.8 Å². The summed E-state index contributed by atoms with van der Waals surface area (Å²) < 4.78 is 32.6. The number of aliphatic hydroxyl groups is 4. The maximum atomic E-state index is 12.6. The molecule has 58 heavy (non-hydrogen) atoms. The number of esters is 2. The van der Waals surface area contributed by atoms with E-state index in [1.54, 1.807) is 12.2 Å². The number of rotatable bonds is 35. The molecule has 332 valence electrons. The highest BCUT2D eigenvalue weighted by Crippen LogP contribution is 2.43. The minimum Gasteiger partial charge on any atom is -0.462 e. The number of carbonyl (C=O) groups excluding carboxylic acids is 3. The minimum atomic E-state index is -4.70. The fraction of sp³-hybridized carbons (Fsp3) is 0.705. The van der Waals surface area contributed by atoms with Crippen LogP contribution in [0.4, 0.5) is 0 Å². The summed E-state index contributed by atoms with van der Waals surface area (Å²) in [5.74, 6) is -1.95. The second-order valence-corrected chi connectivity index (χ2v) is 16.2. The topological polar surface area (TPSA) is 206 Å². The average molecular weight is 841 g/mol. The molecule has 1 aliphatic rings. The van der Waals surface area contributed by atoms with E-state index in [-0.39, 0.29) is 36.9 Å². The fourth-order valence-electron chi connectivity index (χ4n) is 6.10. The molecule has 0 aliphatic heterocycles. The van der Waals surface area contributed by atoms with Gasteiger partial charge in [0.1, 0.15) is 18.5 Å². The maximum Gasteiger partial charge on any atom is 0.472 e. The monoisotopic (exact) mass is 840 g/mol. The smallest absolute Gasteiger partial charge is 0.462 e. The zero-order valence-corrected chi connectivity index (χ0v) is 35.8. The normalized spacial score (nSPS) is 20.2. The number of phosphoric acid groups is 1. The van der Waals surface area contributed by atoms with E-state index in [9.17, 15) is 39.2 Å². The number of hydrogen-bond acceptors (Lipinski definition) is 12. The Morgan fingerprint density at radius 1 is 0.776 bits per heavy atom. The number of aliphatic hydroxyl groups excluding tert-OH is 4. The summed E-state index contributed by atoms with van der Waals surface area (Å²) in [5.41, 5.74) is 0. The van der Waals surface area contributed by atoms with Gasteiger partial charge in [-0.2, -0.15) is 0 Å². The molecule has 1 saturated carbocycles. The Morgan fingerprint density at radius 3 is 2.03 bits per heavy atom. The van der Waals surface area contributed by atoms with Gasteiger partial charge in [0.25, 0.3) is 0 Å². The Balaban J connectivity index is 2.53. The van der Waals surface area contributed by atoms with Crippen molar-refractivity contribution < 1.29 is 62.8 Å². The van der Waals surface area contributed by atoms with Crippen molar-refractivity contribution in [2.24, 2.45) is 11.8 Å². The molecule has 0 aromatic carbocycles. The molecule has 1 aliphatic carbocycles. The van der Waals surface area contributed by atoms with E-state index < -0.39 is 70.6 Å². The van der Waals surface area contributed by atoms with Crippen LogP contribution >= 0.6 is 7.82 Å². The van der Waals surface area contributed by atoms with Gasteiger partial charge in [-0.1, -0.05) is 107 Å². The largest absolute Gasteiger partial charge is 0.472 e. The fourth-order valence-corrected chi connectivity index (χ4v) is 6.89. The molecule has 0 spiro atoms. The summed E-state index contributed by atoms with van der Waals surface area (Å²) in [6.07, 6.45) is 29.9.